The number of hydrogen-bond acceptors (Lipinski definition) is 3. The minimum atomic E-state index is -0.218. The smallest absolute Gasteiger partial charge is 0.174 e. The molecule has 2 aromatic heterocycles. The van der Waals surface area contributed by atoms with Gasteiger partial charge in [-0.3, -0.25) is 4.98 Å². The van der Waals surface area contributed by atoms with Crippen molar-refractivity contribution in [3.05, 3.63) is 107 Å². The largest absolute Gasteiger partial charge is 0.459 e. The lowest BCUT2D eigenvalue weighted by Gasteiger charge is -2.26. The fourth-order valence-electron chi connectivity index (χ4n) is 3.86. The van der Waals surface area contributed by atoms with Gasteiger partial charge in [0.25, 0.3) is 0 Å². The Labute approximate surface area is 195 Å². The van der Waals surface area contributed by atoms with Crippen LogP contribution in [0.4, 0.5) is 5.69 Å². The minimum absolute atomic E-state index is 0.173. The van der Waals surface area contributed by atoms with Gasteiger partial charge in [0.15, 0.2) is 5.11 Å². The van der Waals surface area contributed by atoms with Crippen LogP contribution in [0.15, 0.2) is 89.5 Å². The Balaban J connectivity index is 1.60. The third-order valence-electron chi connectivity index (χ3n) is 5.25. The summed E-state index contributed by atoms with van der Waals surface area (Å²) in [6, 6.07) is 24.7. The summed E-state index contributed by atoms with van der Waals surface area (Å²) in [5.41, 5.74) is 2.65. The van der Waals surface area contributed by atoms with Crippen molar-refractivity contribution in [2.24, 2.45) is 0 Å². The molecular weight excluding hydrogens is 449 g/mol. The highest BCUT2D eigenvalue weighted by molar-refractivity contribution is 7.80. The van der Waals surface area contributed by atoms with E-state index in [1.165, 1.54) is 0 Å². The van der Waals surface area contributed by atoms with Gasteiger partial charge in [0, 0.05) is 22.5 Å². The summed E-state index contributed by atoms with van der Waals surface area (Å²) in [6.07, 6.45) is 1.78. The number of pyridine rings is 1. The standard InChI is InChI=1S/C24H17Cl2N3OS/c25-15-9-10-17(18(26)14-15)20-11-12-21(30-20)23-22(19-8-4-5-13-27-19)28-24(31)29(23)16-6-2-1-3-7-16/h1-14,22-23H,(H,28,31)/t22-,23+/m0/s1. The molecule has 0 radical (unpaired) electrons. The van der Waals surface area contributed by atoms with Crippen LogP contribution in [0.5, 0.6) is 0 Å². The van der Waals surface area contributed by atoms with E-state index in [0.29, 0.717) is 20.9 Å². The molecule has 154 valence electrons. The van der Waals surface area contributed by atoms with Gasteiger partial charge in [-0.25, -0.2) is 0 Å². The van der Waals surface area contributed by atoms with Gasteiger partial charge in [0.1, 0.15) is 17.6 Å². The van der Waals surface area contributed by atoms with Crippen molar-refractivity contribution in [3.8, 4) is 11.3 Å². The molecule has 2 atom stereocenters. The van der Waals surface area contributed by atoms with Crippen molar-refractivity contribution in [3.63, 3.8) is 0 Å². The van der Waals surface area contributed by atoms with E-state index >= 15 is 0 Å². The van der Waals surface area contributed by atoms with Gasteiger partial charge in [0.2, 0.25) is 0 Å². The van der Waals surface area contributed by atoms with E-state index in [1.54, 1.807) is 18.3 Å². The van der Waals surface area contributed by atoms with Crippen molar-refractivity contribution in [1.82, 2.24) is 10.3 Å². The van der Waals surface area contributed by atoms with Crippen LogP contribution in [0.2, 0.25) is 10.0 Å². The highest BCUT2D eigenvalue weighted by Gasteiger charge is 2.42. The summed E-state index contributed by atoms with van der Waals surface area (Å²) in [7, 11) is 0. The summed E-state index contributed by atoms with van der Waals surface area (Å²) in [5.74, 6) is 1.43. The van der Waals surface area contributed by atoms with Crippen molar-refractivity contribution in [2.75, 3.05) is 4.90 Å². The maximum absolute atomic E-state index is 6.41. The minimum Gasteiger partial charge on any atom is -0.459 e. The number of anilines is 1. The lowest BCUT2D eigenvalue weighted by atomic mass is 10.0. The highest BCUT2D eigenvalue weighted by atomic mass is 35.5. The molecule has 4 aromatic rings. The first-order valence-corrected chi connectivity index (χ1v) is 10.9. The van der Waals surface area contributed by atoms with Crippen LogP contribution in [0.1, 0.15) is 23.5 Å². The van der Waals surface area contributed by atoms with Crippen LogP contribution < -0.4 is 10.2 Å². The third-order valence-corrected chi connectivity index (χ3v) is 6.11. The Morgan fingerprint density at radius 2 is 1.74 bits per heavy atom. The number of rotatable bonds is 4. The zero-order valence-corrected chi connectivity index (χ0v) is 18.5. The van der Waals surface area contributed by atoms with E-state index in [2.05, 4.69) is 15.2 Å². The van der Waals surface area contributed by atoms with Crippen LogP contribution in [-0.4, -0.2) is 10.1 Å². The molecule has 0 spiro atoms. The number of benzene rings is 2. The van der Waals surface area contributed by atoms with Crippen LogP contribution in [0.3, 0.4) is 0 Å². The van der Waals surface area contributed by atoms with Crippen LogP contribution in [0, 0.1) is 0 Å². The van der Waals surface area contributed by atoms with Crippen molar-refractivity contribution in [2.45, 2.75) is 12.1 Å². The third kappa shape index (κ3) is 3.81. The molecule has 1 aliphatic heterocycles. The molecule has 5 rings (SSSR count). The molecule has 3 heterocycles. The molecule has 31 heavy (non-hydrogen) atoms. The number of nitrogens with zero attached hydrogens (tertiary/aromatic N) is 2. The first-order valence-electron chi connectivity index (χ1n) is 9.72. The topological polar surface area (TPSA) is 41.3 Å². The van der Waals surface area contributed by atoms with E-state index in [-0.39, 0.29) is 12.1 Å². The molecule has 0 saturated carbocycles. The molecule has 1 saturated heterocycles. The molecule has 1 fully saturated rings. The van der Waals surface area contributed by atoms with E-state index in [9.17, 15) is 0 Å². The van der Waals surface area contributed by atoms with E-state index in [4.69, 9.17) is 39.8 Å². The average Bonchev–Trinajstić information content (AvgIpc) is 3.39. The van der Waals surface area contributed by atoms with Crippen LogP contribution >= 0.6 is 35.4 Å². The molecule has 0 unspecified atom stereocenters. The van der Waals surface area contributed by atoms with Crippen LogP contribution in [0.25, 0.3) is 11.3 Å². The molecule has 1 N–H and O–H groups in total. The Morgan fingerprint density at radius 3 is 2.48 bits per heavy atom. The molecule has 0 bridgehead atoms. The fraction of sp³-hybridized carbons (Fsp3) is 0.0833. The summed E-state index contributed by atoms with van der Waals surface area (Å²) >= 11 is 18.2. The Morgan fingerprint density at radius 1 is 0.935 bits per heavy atom. The molecule has 1 aliphatic rings. The van der Waals surface area contributed by atoms with Crippen molar-refractivity contribution < 1.29 is 4.42 Å². The SMILES string of the molecule is S=C1N[C@@H](c2ccccn2)[C@@H](c2ccc(-c3ccc(Cl)cc3Cl)o2)N1c1ccccc1. The second-order valence-electron chi connectivity index (χ2n) is 7.16. The summed E-state index contributed by atoms with van der Waals surface area (Å²) in [4.78, 5) is 6.63. The average molecular weight is 466 g/mol. The Kier molecular flexibility index (Phi) is 5.40. The van der Waals surface area contributed by atoms with Crippen LogP contribution in [-0.2, 0) is 0 Å². The second kappa shape index (κ2) is 8.35. The number of aromatic nitrogens is 1. The zero-order valence-electron chi connectivity index (χ0n) is 16.2. The maximum Gasteiger partial charge on any atom is 0.174 e. The zero-order chi connectivity index (χ0) is 21.4. The number of thiocarbonyl (C=S) groups is 1. The number of halogens is 2. The number of para-hydroxylation sites is 1. The number of hydrogen-bond donors (Lipinski definition) is 1. The lowest BCUT2D eigenvalue weighted by molar-refractivity contribution is 0.439. The van der Waals surface area contributed by atoms with E-state index in [0.717, 1.165) is 22.7 Å². The molecule has 7 heteroatoms. The summed E-state index contributed by atoms with van der Waals surface area (Å²) < 4.78 is 6.33. The Hall–Kier alpha value is -2.86. The number of furan rings is 1. The Bertz CT molecular complexity index is 1230. The second-order valence-corrected chi connectivity index (χ2v) is 8.39. The van der Waals surface area contributed by atoms with Gasteiger partial charge in [0.05, 0.1) is 16.8 Å². The quantitative estimate of drug-likeness (QED) is 0.334. The van der Waals surface area contributed by atoms with Gasteiger partial charge in [-0.1, -0.05) is 47.5 Å². The fourth-order valence-corrected chi connectivity index (χ4v) is 4.70. The molecular formula is C24H17Cl2N3OS. The van der Waals surface area contributed by atoms with Gasteiger partial charge in [-0.2, -0.15) is 0 Å². The lowest BCUT2D eigenvalue weighted by Crippen LogP contribution is -2.29. The first kappa shape index (κ1) is 20.1. The molecule has 0 aliphatic carbocycles. The number of nitrogens with one attached hydrogen (secondary N) is 1. The summed E-state index contributed by atoms with van der Waals surface area (Å²) in [6.45, 7) is 0. The predicted octanol–water partition coefficient (Wildman–Crippen LogP) is 6.83. The van der Waals surface area contributed by atoms with Gasteiger partial charge in [-0.05, 0) is 66.8 Å². The van der Waals surface area contributed by atoms with Gasteiger partial charge >= 0.3 is 0 Å². The van der Waals surface area contributed by atoms with Crippen molar-refractivity contribution >= 4 is 46.2 Å². The van der Waals surface area contributed by atoms with Crippen molar-refractivity contribution in [1.29, 1.82) is 0 Å². The highest BCUT2D eigenvalue weighted by Crippen LogP contribution is 2.43. The first-order chi connectivity index (χ1) is 15.1. The summed E-state index contributed by atoms with van der Waals surface area (Å²) in [5, 5.41) is 5.16. The van der Waals surface area contributed by atoms with E-state index < -0.39 is 0 Å². The maximum atomic E-state index is 6.41. The molecule has 0 amide bonds. The van der Waals surface area contributed by atoms with E-state index in [1.807, 2.05) is 66.7 Å². The van der Waals surface area contributed by atoms with Gasteiger partial charge in [-0.15, -0.1) is 0 Å². The van der Waals surface area contributed by atoms with Gasteiger partial charge < -0.3 is 14.6 Å². The normalized spacial score (nSPS) is 18.3. The molecule has 2 aromatic carbocycles. The predicted molar refractivity (Wildman–Crippen MR) is 129 cm³/mol. The monoisotopic (exact) mass is 465 g/mol. The molecule has 4 nitrogen and oxygen atoms in total.